The summed E-state index contributed by atoms with van der Waals surface area (Å²) in [6, 6.07) is 4.18. The minimum Gasteiger partial charge on any atom is -0.465 e. The molecule has 2 unspecified atom stereocenters. The maximum Gasteiger partial charge on any atom is 0.122 e. The summed E-state index contributed by atoms with van der Waals surface area (Å²) in [6.45, 7) is 6.38. The fourth-order valence-electron chi connectivity index (χ4n) is 2.79. The molecule has 0 spiro atoms. The number of nitrogens with zero attached hydrogens (tertiary/aromatic N) is 1. The van der Waals surface area contributed by atoms with E-state index < -0.39 is 0 Å². The number of likely N-dealkylation sites (tertiary alicyclic amines) is 1. The first-order valence-electron chi connectivity index (χ1n) is 6.80. The van der Waals surface area contributed by atoms with Crippen LogP contribution in [0.5, 0.6) is 0 Å². The summed E-state index contributed by atoms with van der Waals surface area (Å²) < 4.78 is 5.69. The highest BCUT2D eigenvalue weighted by Crippen LogP contribution is 2.28. The van der Waals surface area contributed by atoms with E-state index >= 15 is 0 Å². The molecule has 2 atom stereocenters. The van der Waals surface area contributed by atoms with Gasteiger partial charge in [-0.1, -0.05) is 0 Å². The maximum atomic E-state index is 9.62. The van der Waals surface area contributed by atoms with Crippen LogP contribution in [0.15, 0.2) is 16.5 Å². The van der Waals surface area contributed by atoms with Crippen LogP contribution in [0.2, 0.25) is 0 Å². The predicted octanol–water partition coefficient (Wildman–Crippen LogP) is 1.68. The largest absolute Gasteiger partial charge is 0.465 e. The van der Waals surface area contributed by atoms with Gasteiger partial charge in [0.15, 0.2) is 0 Å². The molecule has 0 radical (unpaired) electrons. The Bertz CT molecular complexity index is 368. The van der Waals surface area contributed by atoms with E-state index in [1.807, 2.05) is 26.0 Å². The minimum absolute atomic E-state index is 0.175. The second-order valence-corrected chi connectivity index (χ2v) is 5.31. The fraction of sp³-hybridized carbons (Fsp3) is 0.714. The first kappa shape index (κ1) is 13.6. The van der Waals surface area contributed by atoms with Crippen molar-refractivity contribution >= 4 is 0 Å². The molecule has 1 fully saturated rings. The van der Waals surface area contributed by atoms with Crippen LogP contribution in [0.25, 0.3) is 0 Å². The summed E-state index contributed by atoms with van der Waals surface area (Å²) in [7, 11) is 0. The van der Waals surface area contributed by atoms with E-state index in [1.165, 1.54) is 0 Å². The summed E-state index contributed by atoms with van der Waals surface area (Å²) in [5.41, 5.74) is 5.89. The number of aliphatic hydroxyl groups excluding tert-OH is 1. The Labute approximate surface area is 109 Å². The smallest absolute Gasteiger partial charge is 0.122 e. The summed E-state index contributed by atoms with van der Waals surface area (Å²) in [5, 5.41) is 9.62. The topological polar surface area (TPSA) is 62.6 Å². The molecule has 3 N–H and O–H groups in total. The van der Waals surface area contributed by atoms with Gasteiger partial charge in [0.2, 0.25) is 0 Å². The lowest BCUT2D eigenvalue weighted by Gasteiger charge is -2.37. The third-order valence-electron chi connectivity index (χ3n) is 4.01. The molecule has 2 rings (SSSR count). The molecule has 1 saturated heterocycles. The molecule has 0 saturated carbocycles. The zero-order valence-electron chi connectivity index (χ0n) is 11.3. The standard InChI is InChI=1S/C14H24N2O2/c1-10-3-4-14(18-10)13(9-15)16-7-5-12(6-8-16)11(2)17/h3-4,11-13,17H,5-9,15H2,1-2H3. The number of hydrogen-bond donors (Lipinski definition) is 2. The molecule has 1 aliphatic heterocycles. The van der Waals surface area contributed by atoms with Crippen molar-refractivity contribution in [3.8, 4) is 0 Å². The van der Waals surface area contributed by atoms with Gasteiger partial charge in [-0.2, -0.15) is 0 Å². The Balaban J connectivity index is 1.98. The zero-order valence-corrected chi connectivity index (χ0v) is 11.3. The van der Waals surface area contributed by atoms with Crippen LogP contribution in [0, 0.1) is 12.8 Å². The van der Waals surface area contributed by atoms with Gasteiger partial charge in [-0.05, 0) is 57.8 Å². The molecule has 0 aliphatic carbocycles. The summed E-state index contributed by atoms with van der Waals surface area (Å²) in [6.07, 6.45) is 1.87. The van der Waals surface area contributed by atoms with Gasteiger partial charge in [-0.15, -0.1) is 0 Å². The molecule has 1 aliphatic rings. The molecular weight excluding hydrogens is 228 g/mol. The van der Waals surface area contributed by atoms with Gasteiger partial charge < -0.3 is 15.3 Å². The van der Waals surface area contributed by atoms with E-state index in [0.29, 0.717) is 12.5 Å². The lowest BCUT2D eigenvalue weighted by molar-refractivity contribution is 0.0526. The molecule has 2 heterocycles. The molecule has 4 nitrogen and oxygen atoms in total. The van der Waals surface area contributed by atoms with Crippen molar-refractivity contribution in [1.29, 1.82) is 0 Å². The summed E-state index contributed by atoms with van der Waals surface area (Å²) in [5.74, 6) is 2.32. The monoisotopic (exact) mass is 252 g/mol. The van der Waals surface area contributed by atoms with E-state index in [4.69, 9.17) is 10.2 Å². The highest BCUT2D eigenvalue weighted by atomic mass is 16.3. The number of piperidine rings is 1. The predicted molar refractivity (Wildman–Crippen MR) is 71.2 cm³/mol. The van der Waals surface area contributed by atoms with E-state index in [1.54, 1.807) is 0 Å². The average Bonchev–Trinajstić information content (AvgIpc) is 2.77. The van der Waals surface area contributed by atoms with Crippen molar-refractivity contribution in [3.05, 3.63) is 23.7 Å². The van der Waals surface area contributed by atoms with Crippen LogP contribution in [0.4, 0.5) is 0 Å². The second-order valence-electron chi connectivity index (χ2n) is 5.31. The molecule has 0 aromatic carbocycles. The number of aryl methyl sites for hydroxylation is 1. The van der Waals surface area contributed by atoms with Crippen LogP contribution in [0.3, 0.4) is 0 Å². The third kappa shape index (κ3) is 2.94. The van der Waals surface area contributed by atoms with Crippen LogP contribution in [-0.2, 0) is 0 Å². The van der Waals surface area contributed by atoms with Crippen molar-refractivity contribution in [3.63, 3.8) is 0 Å². The van der Waals surface area contributed by atoms with Crippen molar-refractivity contribution in [1.82, 2.24) is 4.90 Å². The van der Waals surface area contributed by atoms with E-state index in [9.17, 15) is 5.11 Å². The lowest BCUT2D eigenvalue weighted by Crippen LogP contribution is -2.41. The fourth-order valence-corrected chi connectivity index (χ4v) is 2.79. The molecule has 102 valence electrons. The lowest BCUT2D eigenvalue weighted by atomic mass is 9.91. The van der Waals surface area contributed by atoms with Crippen molar-refractivity contribution in [2.45, 2.75) is 38.8 Å². The highest BCUT2D eigenvalue weighted by Gasteiger charge is 2.28. The van der Waals surface area contributed by atoms with Crippen LogP contribution in [0.1, 0.15) is 37.3 Å². The van der Waals surface area contributed by atoms with Gasteiger partial charge in [0.05, 0.1) is 12.1 Å². The Hall–Kier alpha value is -0.840. The molecular formula is C14H24N2O2. The van der Waals surface area contributed by atoms with E-state index in [0.717, 1.165) is 37.5 Å². The van der Waals surface area contributed by atoms with E-state index in [-0.39, 0.29) is 12.1 Å². The normalized spacial score (nSPS) is 22.0. The number of furan rings is 1. The maximum absolute atomic E-state index is 9.62. The van der Waals surface area contributed by atoms with Gasteiger partial charge in [0, 0.05) is 6.54 Å². The molecule has 1 aromatic rings. The van der Waals surface area contributed by atoms with Gasteiger partial charge in [0.25, 0.3) is 0 Å². The van der Waals surface area contributed by atoms with Gasteiger partial charge >= 0.3 is 0 Å². The van der Waals surface area contributed by atoms with Crippen LogP contribution >= 0.6 is 0 Å². The first-order chi connectivity index (χ1) is 8.61. The molecule has 0 bridgehead atoms. The Morgan fingerprint density at radius 3 is 2.56 bits per heavy atom. The first-order valence-corrected chi connectivity index (χ1v) is 6.80. The van der Waals surface area contributed by atoms with Gasteiger partial charge in [-0.3, -0.25) is 4.90 Å². The van der Waals surface area contributed by atoms with Gasteiger partial charge in [-0.25, -0.2) is 0 Å². The van der Waals surface area contributed by atoms with Crippen LogP contribution < -0.4 is 5.73 Å². The minimum atomic E-state index is -0.200. The van der Waals surface area contributed by atoms with Gasteiger partial charge in [0.1, 0.15) is 11.5 Å². The molecule has 0 amide bonds. The third-order valence-corrected chi connectivity index (χ3v) is 4.01. The van der Waals surface area contributed by atoms with Crippen molar-refractivity contribution in [2.24, 2.45) is 11.7 Å². The molecule has 1 aromatic heterocycles. The van der Waals surface area contributed by atoms with Crippen molar-refractivity contribution < 1.29 is 9.52 Å². The number of aliphatic hydroxyl groups is 1. The second kappa shape index (κ2) is 5.87. The molecule has 18 heavy (non-hydrogen) atoms. The number of hydrogen-bond acceptors (Lipinski definition) is 4. The highest BCUT2D eigenvalue weighted by molar-refractivity contribution is 5.10. The Kier molecular flexibility index (Phi) is 4.43. The Morgan fingerprint density at radius 1 is 1.44 bits per heavy atom. The Morgan fingerprint density at radius 2 is 2.11 bits per heavy atom. The number of rotatable bonds is 4. The summed E-state index contributed by atoms with van der Waals surface area (Å²) in [4.78, 5) is 2.37. The zero-order chi connectivity index (χ0) is 13.1. The van der Waals surface area contributed by atoms with Crippen molar-refractivity contribution in [2.75, 3.05) is 19.6 Å². The number of nitrogens with two attached hydrogens (primary N) is 1. The average molecular weight is 252 g/mol. The molecule has 4 heteroatoms. The summed E-state index contributed by atoms with van der Waals surface area (Å²) >= 11 is 0. The SMILES string of the molecule is Cc1ccc(C(CN)N2CCC(C(C)O)CC2)o1. The van der Waals surface area contributed by atoms with E-state index in [2.05, 4.69) is 4.90 Å². The quantitative estimate of drug-likeness (QED) is 0.856. The van der Waals surface area contributed by atoms with Crippen LogP contribution in [-0.4, -0.2) is 35.7 Å².